The van der Waals surface area contributed by atoms with Crippen LogP contribution >= 0.6 is 27.3 Å². The number of ether oxygens (including phenoxy) is 1. The molecular weight excluding hydrogens is 366 g/mol. The molecule has 1 aromatic heterocycles. The van der Waals surface area contributed by atoms with Crippen LogP contribution in [-0.2, 0) is 0 Å². The van der Waals surface area contributed by atoms with Crippen molar-refractivity contribution in [3.8, 4) is 11.5 Å². The third-order valence-corrected chi connectivity index (χ3v) is 4.36. The summed E-state index contributed by atoms with van der Waals surface area (Å²) in [7, 11) is 1.51. The summed E-state index contributed by atoms with van der Waals surface area (Å²) in [6.07, 6.45) is 1.71. The lowest BCUT2D eigenvalue weighted by atomic mass is 10.2. The average Bonchev–Trinajstić information content (AvgIpc) is 2.80. The number of aromatic nitrogens is 1. The predicted octanol–water partition coefficient (Wildman–Crippen LogP) is 3.53. The van der Waals surface area contributed by atoms with Crippen molar-refractivity contribution >= 4 is 33.5 Å². The molecule has 2 aromatic rings. The van der Waals surface area contributed by atoms with Crippen molar-refractivity contribution in [1.82, 2.24) is 4.68 Å². The lowest BCUT2D eigenvalue weighted by Crippen LogP contribution is -2.14. The van der Waals surface area contributed by atoms with Crippen molar-refractivity contribution < 1.29 is 9.84 Å². The van der Waals surface area contributed by atoms with Crippen molar-refractivity contribution in [2.45, 2.75) is 26.8 Å². The zero-order valence-corrected chi connectivity index (χ0v) is 15.3. The van der Waals surface area contributed by atoms with Crippen molar-refractivity contribution in [2.24, 2.45) is 10.1 Å². The molecule has 0 aliphatic rings. The molecule has 0 aliphatic heterocycles. The van der Waals surface area contributed by atoms with Gasteiger partial charge in [-0.3, -0.25) is 4.99 Å². The maximum atomic E-state index is 9.83. The Kier molecular flexibility index (Phi) is 5.42. The number of thiazole rings is 1. The number of aryl methyl sites for hydroxylation is 1. The summed E-state index contributed by atoms with van der Waals surface area (Å²) in [5.41, 5.74) is 1.83. The van der Waals surface area contributed by atoms with Crippen molar-refractivity contribution in [3.05, 3.63) is 38.0 Å². The standard InChI is InChI=1S/C15H18BrN3O2S/c1-9(2)18-15-19(10(3)8-22-15)17-7-11-5-12(16)14(20)13(6-11)21-4/h5-9,20H,1-4H3. The van der Waals surface area contributed by atoms with Gasteiger partial charge in [0.1, 0.15) is 0 Å². The van der Waals surface area contributed by atoms with Gasteiger partial charge in [-0.2, -0.15) is 5.10 Å². The molecule has 0 radical (unpaired) electrons. The number of phenols is 1. The molecular formula is C15H18BrN3O2S. The molecule has 2 rings (SSSR count). The van der Waals surface area contributed by atoms with E-state index in [4.69, 9.17) is 4.74 Å². The number of nitrogens with zero attached hydrogens (tertiary/aromatic N) is 3. The zero-order chi connectivity index (χ0) is 16.3. The number of phenolic OH excluding ortho intramolecular Hbond substituents is 1. The average molecular weight is 384 g/mol. The van der Waals surface area contributed by atoms with Gasteiger partial charge < -0.3 is 9.84 Å². The van der Waals surface area contributed by atoms with Crippen LogP contribution in [0.5, 0.6) is 11.5 Å². The second-order valence-corrected chi connectivity index (χ2v) is 6.68. The molecule has 0 spiro atoms. The Morgan fingerprint density at radius 1 is 1.41 bits per heavy atom. The number of halogens is 1. The van der Waals surface area contributed by atoms with Gasteiger partial charge in [-0.05, 0) is 54.4 Å². The van der Waals surface area contributed by atoms with Gasteiger partial charge in [0.05, 0.1) is 23.5 Å². The van der Waals surface area contributed by atoms with Crippen LogP contribution in [0.4, 0.5) is 0 Å². The predicted molar refractivity (Wildman–Crippen MR) is 93.1 cm³/mol. The lowest BCUT2D eigenvalue weighted by Gasteiger charge is -2.06. The highest BCUT2D eigenvalue weighted by atomic mass is 79.9. The van der Waals surface area contributed by atoms with E-state index in [0.29, 0.717) is 10.2 Å². The Bertz CT molecular complexity index is 763. The first-order valence-corrected chi connectivity index (χ1v) is 8.41. The van der Waals surface area contributed by atoms with E-state index in [1.54, 1.807) is 34.4 Å². The van der Waals surface area contributed by atoms with Crippen LogP contribution in [0.1, 0.15) is 25.1 Å². The zero-order valence-electron chi connectivity index (χ0n) is 12.9. The first-order chi connectivity index (χ1) is 10.4. The fraction of sp³-hybridized carbons (Fsp3) is 0.333. The Hall–Kier alpha value is -1.60. The summed E-state index contributed by atoms with van der Waals surface area (Å²) in [5, 5.41) is 16.3. The molecule has 118 valence electrons. The topological polar surface area (TPSA) is 59.1 Å². The van der Waals surface area contributed by atoms with Gasteiger partial charge in [0.15, 0.2) is 11.5 Å². The first-order valence-electron chi connectivity index (χ1n) is 6.74. The Labute approximate surface area is 141 Å². The summed E-state index contributed by atoms with van der Waals surface area (Å²) in [6, 6.07) is 3.72. The van der Waals surface area contributed by atoms with Gasteiger partial charge in [-0.1, -0.05) is 0 Å². The largest absolute Gasteiger partial charge is 0.503 e. The molecule has 7 heteroatoms. The van der Waals surface area contributed by atoms with Gasteiger partial charge >= 0.3 is 0 Å². The highest BCUT2D eigenvalue weighted by molar-refractivity contribution is 9.10. The molecule has 0 amide bonds. The maximum Gasteiger partial charge on any atom is 0.206 e. The van der Waals surface area contributed by atoms with E-state index in [0.717, 1.165) is 16.1 Å². The summed E-state index contributed by atoms with van der Waals surface area (Å²) >= 11 is 4.86. The lowest BCUT2D eigenvalue weighted by molar-refractivity contribution is 0.372. The number of hydrogen-bond donors (Lipinski definition) is 1. The van der Waals surface area contributed by atoms with Crippen molar-refractivity contribution in [2.75, 3.05) is 7.11 Å². The molecule has 22 heavy (non-hydrogen) atoms. The van der Waals surface area contributed by atoms with Crippen LogP contribution in [-0.4, -0.2) is 29.1 Å². The molecule has 0 saturated carbocycles. The molecule has 0 aliphatic carbocycles. The highest BCUT2D eigenvalue weighted by Gasteiger charge is 2.07. The number of benzene rings is 1. The van der Waals surface area contributed by atoms with Gasteiger partial charge in [0.2, 0.25) is 4.80 Å². The van der Waals surface area contributed by atoms with Crippen LogP contribution in [0.2, 0.25) is 0 Å². The highest BCUT2D eigenvalue weighted by Crippen LogP contribution is 2.34. The van der Waals surface area contributed by atoms with E-state index in [2.05, 4.69) is 26.0 Å². The van der Waals surface area contributed by atoms with Gasteiger partial charge in [-0.25, -0.2) is 4.68 Å². The molecule has 5 nitrogen and oxygen atoms in total. The molecule has 0 saturated heterocycles. The number of methoxy groups -OCH3 is 1. The molecule has 1 aromatic carbocycles. The minimum absolute atomic E-state index is 0.0783. The quantitative estimate of drug-likeness (QED) is 0.820. The van der Waals surface area contributed by atoms with Crippen LogP contribution in [0, 0.1) is 6.92 Å². The van der Waals surface area contributed by atoms with E-state index in [1.807, 2.05) is 26.2 Å². The van der Waals surface area contributed by atoms with E-state index in [-0.39, 0.29) is 11.8 Å². The van der Waals surface area contributed by atoms with E-state index < -0.39 is 0 Å². The van der Waals surface area contributed by atoms with Gasteiger partial charge in [0, 0.05) is 11.4 Å². The van der Waals surface area contributed by atoms with Crippen LogP contribution in [0.3, 0.4) is 0 Å². The van der Waals surface area contributed by atoms with Crippen LogP contribution in [0.15, 0.2) is 32.1 Å². The Morgan fingerprint density at radius 2 is 2.14 bits per heavy atom. The van der Waals surface area contributed by atoms with Gasteiger partial charge in [0.25, 0.3) is 0 Å². The van der Waals surface area contributed by atoms with Gasteiger partial charge in [-0.15, -0.1) is 11.3 Å². The first kappa shape index (κ1) is 16.8. The van der Waals surface area contributed by atoms with Crippen LogP contribution in [0.25, 0.3) is 0 Å². The molecule has 1 heterocycles. The second kappa shape index (κ2) is 7.11. The fourth-order valence-corrected chi connectivity index (χ4v) is 3.18. The summed E-state index contributed by atoms with van der Waals surface area (Å²) in [6.45, 7) is 6.05. The minimum atomic E-state index is 0.0783. The number of hydrogen-bond acceptors (Lipinski definition) is 5. The van der Waals surface area contributed by atoms with Crippen molar-refractivity contribution in [3.63, 3.8) is 0 Å². The fourth-order valence-electron chi connectivity index (χ4n) is 1.78. The smallest absolute Gasteiger partial charge is 0.206 e. The SMILES string of the molecule is COc1cc(C=Nn2c(C)csc2=NC(C)C)cc(Br)c1O. The van der Waals surface area contributed by atoms with E-state index in [1.165, 1.54) is 7.11 Å². The minimum Gasteiger partial charge on any atom is -0.503 e. The maximum absolute atomic E-state index is 9.83. The van der Waals surface area contributed by atoms with E-state index >= 15 is 0 Å². The number of aromatic hydroxyl groups is 1. The van der Waals surface area contributed by atoms with E-state index in [9.17, 15) is 5.11 Å². The molecule has 1 N–H and O–H groups in total. The molecule has 0 atom stereocenters. The van der Waals surface area contributed by atoms with Crippen LogP contribution < -0.4 is 9.54 Å². The summed E-state index contributed by atoms with van der Waals surface area (Å²) in [5.74, 6) is 0.476. The third-order valence-electron chi connectivity index (χ3n) is 2.81. The van der Waals surface area contributed by atoms with Crippen molar-refractivity contribution in [1.29, 1.82) is 0 Å². The monoisotopic (exact) mass is 383 g/mol. The summed E-state index contributed by atoms with van der Waals surface area (Å²) in [4.78, 5) is 5.41. The third kappa shape index (κ3) is 3.78. The second-order valence-electron chi connectivity index (χ2n) is 4.99. The Balaban J connectivity index is 2.42. The number of rotatable bonds is 4. The molecule has 0 bridgehead atoms. The molecule has 0 fully saturated rings. The Morgan fingerprint density at radius 3 is 2.77 bits per heavy atom. The normalized spacial score (nSPS) is 12.5. The summed E-state index contributed by atoms with van der Waals surface area (Å²) < 4.78 is 7.50. The molecule has 0 unspecified atom stereocenters.